The molecule has 0 spiro atoms. The van der Waals surface area contributed by atoms with Gasteiger partial charge in [0.2, 0.25) is 0 Å². The molecule has 1 heterocycles. The minimum atomic E-state index is -0.222. The third-order valence-corrected chi connectivity index (χ3v) is 4.32. The molecule has 1 atom stereocenters. The van der Waals surface area contributed by atoms with Gasteiger partial charge in [0.05, 0.1) is 6.54 Å². The zero-order valence-electron chi connectivity index (χ0n) is 14.3. The average molecular weight is 348 g/mol. The summed E-state index contributed by atoms with van der Waals surface area (Å²) in [4.78, 5) is 12.0. The summed E-state index contributed by atoms with van der Waals surface area (Å²) < 4.78 is 11.5. The molecule has 0 saturated heterocycles. The zero-order chi connectivity index (χ0) is 17.8. The average Bonchev–Trinajstić information content (AvgIpc) is 2.70. The monoisotopic (exact) mass is 348 g/mol. The van der Waals surface area contributed by atoms with E-state index in [2.05, 4.69) is 34.9 Å². The molecule has 0 saturated carbocycles. The standard InChI is InChI=1S/C21H20N2O3/c24-21(22-12-15-9-10-16-5-1-2-6-17(16)11-15)23-13-18-14-25-19-7-3-4-8-20(19)26-18/h1-11,18H,12-14H2,(H2,22,23,24). The van der Waals surface area contributed by atoms with E-state index in [1.54, 1.807) is 0 Å². The summed E-state index contributed by atoms with van der Waals surface area (Å²) in [6.45, 7) is 1.28. The van der Waals surface area contributed by atoms with Crippen molar-refractivity contribution in [3.8, 4) is 11.5 Å². The number of benzene rings is 3. The lowest BCUT2D eigenvalue weighted by Gasteiger charge is -2.26. The van der Waals surface area contributed by atoms with Gasteiger partial charge in [0, 0.05) is 6.54 Å². The van der Waals surface area contributed by atoms with E-state index in [4.69, 9.17) is 9.47 Å². The fourth-order valence-corrected chi connectivity index (χ4v) is 2.96. The fraction of sp³-hybridized carbons (Fsp3) is 0.190. The molecule has 5 nitrogen and oxygen atoms in total. The van der Waals surface area contributed by atoms with Crippen LogP contribution in [0.15, 0.2) is 66.7 Å². The molecule has 2 amide bonds. The van der Waals surface area contributed by atoms with Gasteiger partial charge in [0.1, 0.15) is 6.61 Å². The van der Waals surface area contributed by atoms with Gasteiger partial charge in [-0.2, -0.15) is 0 Å². The summed E-state index contributed by atoms with van der Waals surface area (Å²) >= 11 is 0. The molecular formula is C21H20N2O3. The highest BCUT2D eigenvalue weighted by molar-refractivity contribution is 5.83. The summed E-state index contributed by atoms with van der Waals surface area (Å²) in [6, 6.07) is 21.7. The minimum Gasteiger partial charge on any atom is -0.486 e. The quantitative estimate of drug-likeness (QED) is 0.759. The van der Waals surface area contributed by atoms with Gasteiger partial charge in [0.25, 0.3) is 0 Å². The Morgan fingerprint density at radius 1 is 0.923 bits per heavy atom. The van der Waals surface area contributed by atoms with Crippen molar-refractivity contribution >= 4 is 16.8 Å². The van der Waals surface area contributed by atoms with Crippen LogP contribution < -0.4 is 20.1 Å². The zero-order valence-corrected chi connectivity index (χ0v) is 14.3. The molecule has 1 aliphatic rings. The number of rotatable bonds is 4. The number of urea groups is 1. The van der Waals surface area contributed by atoms with E-state index in [0.717, 1.165) is 11.3 Å². The SMILES string of the molecule is O=C(NCc1ccc2ccccc2c1)NCC1COc2ccccc2O1. The topological polar surface area (TPSA) is 59.6 Å². The molecule has 4 rings (SSSR count). The molecule has 26 heavy (non-hydrogen) atoms. The lowest BCUT2D eigenvalue weighted by molar-refractivity contribution is 0.0918. The van der Waals surface area contributed by atoms with Crippen LogP contribution in [-0.2, 0) is 6.54 Å². The van der Waals surface area contributed by atoms with Crippen molar-refractivity contribution in [1.29, 1.82) is 0 Å². The van der Waals surface area contributed by atoms with Crippen LogP contribution in [0.5, 0.6) is 11.5 Å². The first kappa shape index (κ1) is 16.3. The summed E-state index contributed by atoms with van der Waals surface area (Å²) in [5.41, 5.74) is 1.06. The third kappa shape index (κ3) is 3.72. The van der Waals surface area contributed by atoms with E-state index < -0.39 is 0 Å². The molecule has 1 aliphatic heterocycles. The summed E-state index contributed by atoms with van der Waals surface area (Å²) in [7, 11) is 0. The van der Waals surface area contributed by atoms with E-state index in [9.17, 15) is 4.79 Å². The number of amides is 2. The smallest absolute Gasteiger partial charge is 0.315 e. The molecule has 0 radical (unpaired) electrons. The number of hydrogen-bond donors (Lipinski definition) is 2. The fourth-order valence-electron chi connectivity index (χ4n) is 2.96. The molecule has 0 aromatic heterocycles. The second-order valence-corrected chi connectivity index (χ2v) is 6.24. The van der Waals surface area contributed by atoms with Crippen LogP contribution in [-0.4, -0.2) is 25.3 Å². The predicted molar refractivity (Wildman–Crippen MR) is 101 cm³/mol. The first-order valence-corrected chi connectivity index (χ1v) is 8.66. The maximum atomic E-state index is 12.0. The summed E-state index contributed by atoms with van der Waals surface area (Å²) in [5, 5.41) is 8.07. The highest BCUT2D eigenvalue weighted by atomic mass is 16.6. The number of carbonyl (C=O) groups is 1. The second-order valence-electron chi connectivity index (χ2n) is 6.24. The van der Waals surface area contributed by atoms with Gasteiger partial charge in [-0.15, -0.1) is 0 Å². The Morgan fingerprint density at radius 3 is 2.58 bits per heavy atom. The van der Waals surface area contributed by atoms with Crippen molar-refractivity contribution in [3.05, 3.63) is 72.3 Å². The van der Waals surface area contributed by atoms with Crippen molar-refractivity contribution in [1.82, 2.24) is 10.6 Å². The van der Waals surface area contributed by atoms with Crippen LogP contribution in [0.3, 0.4) is 0 Å². The van der Waals surface area contributed by atoms with Crippen LogP contribution in [0.4, 0.5) is 4.79 Å². The highest BCUT2D eigenvalue weighted by Crippen LogP contribution is 2.30. The van der Waals surface area contributed by atoms with Crippen molar-refractivity contribution in [2.75, 3.05) is 13.2 Å². The third-order valence-electron chi connectivity index (χ3n) is 4.32. The number of nitrogens with one attached hydrogen (secondary N) is 2. The molecule has 3 aromatic rings. The van der Waals surface area contributed by atoms with Gasteiger partial charge in [-0.3, -0.25) is 0 Å². The Bertz CT molecular complexity index is 926. The maximum Gasteiger partial charge on any atom is 0.315 e. The molecule has 132 valence electrons. The van der Waals surface area contributed by atoms with Crippen LogP contribution in [0.25, 0.3) is 10.8 Å². The molecule has 2 N–H and O–H groups in total. The van der Waals surface area contributed by atoms with Gasteiger partial charge in [0.15, 0.2) is 17.6 Å². The summed E-state index contributed by atoms with van der Waals surface area (Å²) in [6.07, 6.45) is -0.198. The van der Waals surface area contributed by atoms with Crippen molar-refractivity contribution in [2.24, 2.45) is 0 Å². The Balaban J connectivity index is 1.26. The molecule has 5 heteroatoms. The van der Waals surface area contributed by atoms with E-state index in [1.807, 2.05) is 42.5 Å². The lowest BCUT2D eigenvalue weighted by atomic mass is 10.1. The van der Waals surface area contributed by atoms with Crippen LogP contribution in [0.1, 0.15) is 5.56 Å². The van der Waals surface area contributed by atoms with Crippen molar-refractivity contribution < 1.29 is 14.3 Å². The Morgan fingerprint density at radius 2 is 1.69 bits per heavy atom. The first-order chi connectivity index (χ1) is 12.8. The van der Waals surface area contributed by atoms with E-state index in [-0.39, 0.29) is 12.1 Å². The van der Waals surface area contributed by atoms with Gasteiger partial charge >= 0.3 is 6.03 Å². The summed E-state index contributed by atoms with van der Waals surface area (Å²) in [5.74, 6) is 1.45. The van der Waals surface area contributed by atoms with Crippen molar-refractivity contribution in [2.45, 2.75) is 12.6 Å². The Labute approximate surface area is 151 Å². The predicted octanol–water partition coefficient (Wildman–Crippen LogP) is 3.48. The highest BCUT2D eigenvalue weighted by Gasteiger charge is 2.20. The van der Waals surface area contributed by atoms with E-state index in [1.165, 1.54) is 10.8 Å². The minimum absolute atomic E-state index is 0.198. The molecular weight excluding hydrogens is 328 g/mol. The number of para-hydroxylation sites is 2. The van der Waals surface area contributed by atoms with Gasteiger partial charge in [-0.1, -0.05) is 48.5 Å². The molecule has 3 aromatic carbocycles. The Hall–Kier alpha value is -3.21. The van der Waals surface area contributed by atoms with Crippen molar-refractivity contribution in [3.63, 3.8) is 0 Å². The van der Waals surface area contributed by atoms with Gasteiger partial charge in [-0.05, 0) is 34.5 Å². The lowest BCUT2D eigenvalue weighted by Crippen LogP contribution is -2.44. The molecule has 0 aliphatic carbocycles. The van der Waals surface area contributed by atoms with Gasteiger partial charge in [-0.25, -0.2) is 4.79 Å². The van der Waals surface area contributed by atoms with Crippen LogP contribution >= 0.6 is 0 Å². The largest absolute Gasteiger partial charge is 0.486 e. The number of fused-ring (bicyclic) bond motifs is 2. The first-order valence-electron chi connectivity index (χ1n) is 8.66. The molecule has 0 fully saturated rings. The Kier molecular flexibility index (Phi) is 4.60. The van der Waals surface area contributed by atoms with Crippen LogP contribution in [0, 0.1) is 0 Å². The van der Waals surface area contributed by atoms with E-state index >= 15 is 0 Å². The molecule has 1 unspecified atom stereocenters. The maximum absolute atomic E-state index is 12.0. The normalized spacial score (nSPS) is 15.5. The second kappa shape index (κ2) is 7.35. The number of ether oxygens (including phenoxy) is 2. The number of carbonyl (C=O) groups excluding carboxylic acids is 1. The van der Waals surface area contributed by atoms with E-state index in [0.29, 0.717) is 25.4 Å². The number of hydrogen-bond acceptors (Lipinski definition) is 3. The van der Waals surface area contributed by atoms with Gasteiger partial charge < -0.3 is 20.1 Å². The molecule has 0 bridgehead atoms. The van der Waals surface area contributed by atoms with Crippen LogP contribution in [0.2, 0.25) is 0 Å².